The van der Waals surface area contributed by atoms with Crippen LogP contribution in [0.15, 0.2) is 6.07 Å². The van der Waals surface area contributed by atoms with Crippen molar-refractivity contribution in [3.63, 3.8) is 0 Å². The molecule has 110 valence electrons. The van der Waals surface area contributed by atoms with Crippen molar-refractivity contribution in [3.8, 4) is 0 Å². The monoisotopic (exact) mass is 291 g/mol. The molecule has 20 heavy (non-hydrogen) atoms. The lowest BCUT2D eigenvalue weighted by atomic mass is 9.94. The third kappa shape index (κ3) is 3.11. The zero-order chi connectivity index (χ0) is 14.7. The summed E-state index contributed by atoms with van der Waals surface area (Å²) in [5.74, 6) is 0.981. The molecule has 0 atom stereocenters. The average Bonchev–Trinajstić information content (AvgIpc) is 2.43. The van der Waals surface area contributed by atoms with Crippen LogP contribution in [0.25, 0.3) is 0 Å². The average molecular weight is 291 g/mol. The highest BCUT2D eigenvalue weighted by Crippen LogP contribution is 2.28. The minimum atomic E-state index is 0.400. The number of nitrogens with two attached hydrogens (primary N) is 1. The molecular weight excluding hydrogens is 266 g/mol. The third-order valence-corrected chi connectivity index (χ3v) is 4.13. The topological polar surface area (TPSA) is 42.2 Å². The van der Waals surface area contributed by atoms with E-state index in [-0.39, 0.29) is 0 Å². The maximum atomic E-state index is 5.95. The Bertz CT molecular complexity index is 497. The Hall–Kier alpha value is -1.16. The standard InChI is InChI=1S/C16H25N3S/c1-4-9-19(11(2)3)16-13(15(17)20)10-12-7-5-6-8-14(12)18-16/h10-11H,4-9H2,1-3H3,(H2,17,20). The zero-order valence-corrected chi connectivity index (χ0v) is 13.6. The second kappa shape index (κ2) is 6.53. The van der Waals surface area contributed by atoms with Gasteiger partial charge in [-0.2, -0.15) is 0 Å². The predicted molar refractivity (Wildman–Crippen MR) is 89.5 cm³/mol. The number of hydrogen-bond acceptors (Lipinski definition) is 3. The molecule has 0 unspecified atom stereocenters. The Morgan fingerprint density at radius 3 is 2.70 bits per heavy atom. The van der Waals surface area contributed by atoms with E-state index in [0.717, 1.165) is 37.2 Å². The molecule has 0 saturated carbocycles. The first-order valence-electron chi connectivity index (χ1n) is 7.63. The van der Waals surface area contributed by atoms with Gasteiger partial charge in [-0.3, -0.25) is 0 Å². The van der Waals surface area contributed by atoms with Crippen molar-refractivity contribution in [2.75, 3.05) is 11.4 Å². The van der Waals surface area contributed by atoms with Crippen LogP contribution in [0.5, 0.6) is 0 Å². The molecule has 1 aliphatic carbocycles. The minimum Gasteiger partial charge on any atom is -0.389 e. The molecule has 1 aliphatic rings. The quantitative estimate of drug-likeness (QED) is 0.846. The van der Waals surface area contributed by atoms with Crippen LogP contribution in [0, 0.1) is 0 Å². The lowest BCUT2D eigenvalue weighted by Gasteiger charge is -2.31. The number of aryl methyl sites for hydroxylation is 2. The summed E-state index contributed by atoms with van der Waals surface area (Å²) in [6.07, 6.45) is 5.76. The molecule has 0 aliphatic heterocycles. The van der Waals surface area contributed by atoms with E-state index in [0.29, 0.717) is 11.0 Å². The summed E-state index contributed by atoms with van der Waals surface area (Å²) in [4.78, 5) is 7.72. The number of pyridine rings is 1. The molecule has 4 heteroatoms. The normalized spacial score (nSPS) is 14.2. The Morgan fingerprint density at radius 1 is 1.40 bits per heavy atom. The summed E-state index contributed by atoms with van der Waals surface area (Å²) in [7, 11) is 0. The molecule has 0 bridgehead atoms. The summed E-state index contributed by atoms with van der Waals surface area (Å²) in [6.45, 7) is 7.56. The molecule has 0 spiro atoms. The van der Waals surface area contributed by atoms with Crippen molar-refractivity contribution in [1.82, 2.24) is 4.98 Å². The van der Waals surface area contributed by atoms with Crippen molar-refractivity contribution in [2.45, 2.75) is 58.9 Å². The maximum Gasteiger partial charge on any atom is 0.139 e. The first kappa shape index (κ1) is 15.2. The van der Waals surface area contributed by atoms with Gasteiger partial charge in [-0.1, -0.05) is 19.1 Å². The highest BCUT2D eigenvalue weighted by atomic mass is 32.1. The lowest BCUT2D eigenvalue weighted by Crippen LogP contribution is -2.35. The SMILES string of the molecule is CCCN(c1nc2c(cc1C(N)=S)CCCC2)C(C)C. The molecule has 0 radical (unpaired) electrons. The van der Waals surface area contributed by atoms with Gasteiger partial charge in [0.2, 0.25) is 0 Å². The molecule has 0 saturated heterocycles. The fourth-order valence-corrected chi connectivity index (χ4v) is 3.02. The summed E-state index contributed by atoms with van der Waals surface area (Å²) in [6, 6.07) is 2.58. The molecule has 2 N–H and O–H groups in total. The maximum absolute atomic E-state index is 5.95. The molecule has 1 heterocycles. The number of thiocarbonyl (C=S) groups is 1. The van der Waals surface area contributed by atoms with Gasteiger partial charge >= 0.3 is 0 Å². The van der Waals surface area contributed by atoms with Gasteiger partial charge in [0.15, 0.2) is 0 Å². The highest BCUT2D eigenvalue weighted by Gasteiger charge is 2.21. The van der Waals surface area contributed by atoms with Crippen LogP contribution in [0.3, 0.4) is 0 Å². The second-order valence-corrected chi connectivity index (χ2v) is 6.26. The van der Waals surface area contributed by atoms with E-state index in [1.165, 1.54) is 24.1 Å². The van der Waals surface area contributed by atoms with Crippen LogP contribution in [-0.4, -0.2) is 22.6 Å². The highest BCUT2D eigenvalue weighted by molar-refractivity contribution is 7.80. The smallest absolute Gasteiger partial charge is 0.139 e. The van der Waals surface area contributed by atoms with Gasteiger partial charge < -0.3 is 10.6 Å². The molecule has 2 rings (SSSR count). The molecular formula is C16H25N3S. The van der Waals surface area contributed by atoms with E-state index in [1.54, 1.807) is 0 Å². The fraction of sp³-hybridized carbons (Fsp3) is 0.625. The summed E-state index contributed by atoms with van der Waals surface area (Å²) in [5.41, 5.74) is 9.47. The van der Waals surface area contributed by atoms with Gasteiger partial charge in [-0.15, -0.1) is 0 Å². The second-order valence-electron chi connectivity index (χ2n) is 5.82. The van der Waals surface area contributed by atoms with E-state index in [9.17, 15) is 0 Å². The van der Waals surface area contributed by atoms with Gasteiger partial charge in [-0.05, 0) is 57.6 Å². The van der Waals surface area contributed by atoms with Crippen LogP contribution in [0.2, 0.25) is 0 Å². The number of anilines is 1. The molecule has 3 nitrogen and oxygen atoms in total. The number of rotatable bonds is 5. The van der Waals surface area contributed by atoms with Crippen molar-refractivity contribution in [2.24, 2.45) is 5.73 Å². The van der Waals surface area contributed by atoms with Crippen LogP contribution in [0.1, 0.15) is 56.9 Å². The molecule has 0 fully saturated rings. The molecule has 0 aromatic carbocycles. The summed E-state index contributed by atoms with van der Waals surface area (Å²) >= 11 is 5.26. The van der Waals surface area contributed by atoms with Crippen LogP contribution >= 0.6 is 12.2 Å². The third-order valence-electron chi connectivity index (χ3n) is 3.91. The fourth-order valence-electron chi connectivity index (χ4n) is 2.87. The molecule has 0 amide bonds. The van der Waals surface area contributed by atoms with E-state index >= 15 is 0 Å². The molecule has 1 aromatic heterocycles. The lowest BCUT2D eigenvalue weighted by molar-refractivity contribution is 0.640. The van der Waals surface area contributed by atoms with E-state index in [1.807, 2.05) is 0 Å². The number of hydrogen-bond donors (Lipinski definition) is 1. The summed E-state index contributed by atoms with van der Waals surface area (Å²) < 4.78 is 0. The minimum absolute atomic E-state index is 0.400. The summed E-state index contributed by atoms with van der Waals surface area (Å²) in [5, 5.41) is 0. The van der Waals surface area contributed by atoms with Crippen molar-refractivity contribution in [3.05, 3.63) is 22.9 Å². The number of fused-ring (bicyclic) bond motifs is 1. The Kier molecular flexibility index (Phi) is 4.97. The van der Waals surface area contributed by atoms with Crippen LogP contribution in [0.4, 0.5) is 5.82 Å². The molecule has 1 aromatic rings. The van der Waals surface area contributed by atoms with Gasteiger partial charge in [0, 0.05) is 18.3 Å². The predicted octanol–water partition coefficient (Wildman–Crippen LogP) is 3.22. The van der Waals surface area contributed by atoms with Gasteiger partial charge in [0.1, 0.15) is 10.8 Å². The Balaban J connectivity index is 2.51. The van der Waals surface area contributed by atoms with Crippen molar-refractivity contribution < 1.29 is 0 Å². The van der Waals surface area contributed by atoms with E-state index < -0.39 is 0 Å². The number of nitrogens with zero attached hydrogens (tertiary/aromatic N) is 2. The van der Waals surface area contributed by atoms with Gasteiger partial charge in [0.25, 0.3) is 0 Å². The van der Waals surface area contributed by atoms with Crippen molar-refractivity contribution >= 4 is 23.0 Å². The van der Waals surface area contributed by atoms with Crippen molar-refractivity contribution in [1.29, 1.82) is 0 Å². The van der Waals surface area contributed by atoms with Gasteiger partial charge in [0.05, 0.1) is 5.56 Å². The zero-order valence-electron chi connectivity index (χ0n) is 12.8. The number of aromatic nitrogens is 1. The van der Waals surface area contributed by atoms with E-state index in [2.05, 4.69) is 31.7 Å². The Morgan fingerprint density at radius 2 is 2.10 bits per heavy atom. The Labute approximate surface area is 127 Å². The first-order chi connectivity index (χ1) is 9.54. The van der Waals surface area contributed by atoms with E-state index in [4.69, 9.17) is 22.9 Å². The van der Waals surface area contributed by atoms with Crippen LogP contribution < -0.4 is 10.6 Å². The van der Waals surface area contributed by atoms with Gasteiger partial charge in [-0.25, -0.2) is 4.98 Å². The first-order valence-corrected chi connectivity index (χ1v) is 8.04. The van der Waals surface area contributed by atoms with Crippen LogP contribution in [-0.2, 0) is 12.8 Å². The largest absolute Gasteiger partial charge is 0.389 e.